The molecule has 2 aromatic heterocycles. The van der Waals surface area contributed by atoms with Crippen LogP contribution in [0.2, 0.25) is 0 Å². The van der Waals surface area contributed by atoms with E-state index in [0.717, 1.165) is 28.7 Å². The first kappa shape index (κ1) is 15.8. The summed E-state index contributed by atoms with van der Waals surface area (Å²) in [6, 6.07) is 11.5. The summed E-state index contributed by atoms with van der Waals surface area (Å²) in [4.78, 5) is 17.1. The number of hydrogen-bond donors (Lipinski definition) is 1. The Bertz CT molecular complexity index is 767. The summed E-state index contributed by atoms with van der Waals surface area (Å²) in [6.07, 6.45) is 0.777. The normalized spacial score (nSPS) is 10.7. The maximum atomic E-state index is 11.4. The lowest BCUT2D eigenvalue weighted by molar-refractivity contribution is 0.0600. The minimum atomic E-state index is -0.323. The van der Waals surface area contributed by atoms with Gasteiger partial charge in [0.1, 0.15) is 5.82 Å². The van der Waals surface area contributed by atoms with Gasteiger partial charge in [-0.15, -0.1) is 16.4 Å². The van der Waals surface area contributed by atoms with Crippen LogP contribution in [0.25, 0.3) is 0 Å². The van der Waals surface area contributed by atoms with Crippen molar-refractivity contribution in [3.63, 3.8) is 0 Å². The number of nitrogens with one attached hydrogen (secondary N) is 1. The predicted octanol–water partition coefficient (Wildman–Crippen LogP) is 3.54. The van der Waals surface area contributed by atoms with Gasteiger partial charge in [0.2, 0.25) is 5.16 Å². The summed E-state index contributed by atoms with van der Waals surface area (Å²) in [5.41, 5.74) is 1.66. The van der Waals surface area contributed by atoms with Gasteiger partial charge in [0.05, 0.1) is 12.7 Å². The number of carbonyl (C=O) groups excluding carboxylic acids is 1. The Balaban J connectivity index is 1.56. The minimum absolute atomic E-state index is 0.323. The lowest BCUT2D eigenvalue weighted by Crippen LogP contribution is -2.00. The molecule has 0 spiro atoms. The number of methoxy groups -OCH3 is 1. The number of ether oxygens (including phenoxy) is 1. The minimum Gasteiger partial charge on any atom is -0.465 e. The summed E-state index contributed by atoms with van der Waals surface area (Å²) in [5.74, 6) is 1.30. The van der Waals surface area contributed by atoms with Gasteiger partial charge in [-0.2, -0.15) is 0 Å². The molecule has 0 amide bonds. The fourth-order valence-corrected chi connectivity index (χ4v) is 3.48. The van der Waals surface area contributed by atoms with Crippen LogP contribution in [0.15, 0.2) is 46.9 Å². The third-order valence-corrected chi connectivity index (χ3v) is 4.97. The van der Waals surface area contributed by atoms with E-state index in [4.69, 9.17) is 0 Å². The molecule has 5 nitrogen and oxygen atoms in total. The molecule has 118 valence electrons. The van der Waals surface area contributed by atoms with E-state index in [1.54, 1.807) is 35.2 Å². The zero-order valence-corrected chi connectivity index (χ0v) is 14.1. The highest BCUT2D eigenvalue weighted by molar-refractivity contribution is 7.98. The van der Waals surface area contributed by atoms with Crippen molar-refractivity contribution in [2.75, 3.05) is 7.11 Å². The van der Waals surface area contributed by atoms with E-state index >= 15 is 0 Å². The highest BCUT2D eigenvalue weighted by atomic mass is 32.2. The molecule has 1 N–H and O–H groups in total. The van der Waals surface area contributed by atoms with E-state index in [9.17, 15) is 4.79 Å². The topological polar surface area (TPSA) is 67.9 Å². The number of H-pyrrole nitrogens is 1. The van der Waals surface area contributed by atoms with Gasteiger partial charge in [-0.1, -0.05) is 30.0 Å². The number of benzene rings is 1. The first-order valence-electron chi connectivity index (χ1n) is 6.98. The van der Waals surface area contributed by atoms with Crippen molar-refractivity contribution >= 4 is 29.1 Å². The second kappa shape index (κ2) is 7.43. The number of aromatic nitrogens is 3. The smallest absolute Gasteiger partial charge is 0.337 e. The van der Waals surface area contributed by atoms with Crippen LogP contribution in [-0.2, 0) is 16.9 Å². The Kier molecular flexibility index (Phi) is 5.09. The maximum Gasteiger partial charge on any atom is 0.337 e. The Labute approximate surface area is 142 Å². The highest BCUT2D eigenvalue weighted by Crippen LogP contribution is 2.20. The van der Waals surface area contributed by atoms with Gasteiger partial charge in [0, 0.05) is 17.1 Å². The van der Waals surface area contributed by atoms with Crippen molar-refractivity contribution in [1.82, 2.24) is 15.2 Å². The number of hydrogen-bond acceptors (Lipinski definition) is 6. The summed E-state index contributed by atoms with van der Waals surface area (Å²) < 4.78 is 4.68. The van der Waals surface area contributed by atoms with Crippen molar-refractivity contribution in [2.24, 2.45) is 0 Å². The van der Waals surface area contributed by atoms with Crippen LogP contribution in [0.1, 0.15) is 26.6 Å². The zero-order chi connectivity index (χ0) is 16.1. The van der Waals surface area contributed by atoms with Gasteiger partial charge in [-0.05, 0) is 29.1 Å². The van der Waals surface area contributed by atoms with E-state index in [1.165, 1.54) is 12.0 Å². The second-order valence-electron chi connectivity index (χ2n) is 4.80. The quantitative estimate of drug-likeness (QED) is 0.547. The molecule has 2 heterocycles. The number of rotatable bonds is 6. The molecule has 0 aliphatic carbocycles. The van der Waals surface area contributed by atoms with Crippen molar-refractivity contribution in [2.45, 2.75) is 17.3 Å². The Morgan fingerprint density at radius 2 is 2.13 bits per heavy atom. The zero-order valence-electron chi connectivity index (χ0n) is 12.5. The molecule has 1 aromatic carbocycles. The molecule has 0 aliphatic rings. The second-order valence-corrected chi connectivity index (χ2v) is 6.77. The summed E-state index contributed by atoms with van der Waals surface area (Å²) in [5, 5.41) is 9.99. The molecule has 0 unspecified atom stereocenters. The van der Waals surface area contributed by atoms with Gasteiger partial charge in [0.15, 0.2) is 0 Å². The summed E-state index contributed by atoms with van der Waals surface area (Å²) >= 11 is 3.27. The van der Waals surface area contributed by atoms with E-state index in [2.05, 4.69) is 31.4 Å². The van der Waals surface area contributed by atoms with E-state index in [0.29, 0.717) is 5.56 Å². The van der Waals surface area contributed by atoms with Crippen LogP contribution in [0.4, 0.5) is 0 Å². The predicted molar refractivity (Wildman–Crippen MR) is 90.9 cm³/mol. The number of thioether (sulfide) groups is 1. The Morgan fingerprint density at radius 1 is 1.30 bits per heavy atom. The monoisotopic (exact) mass is 345 g/mol. The van der Waals surface area contributed by atoms with Crippen molar-refractivity contribution < 1.29 is 9.53 Å². The Morgan fingerprint density at radius 3 is 2.83 bits per heavy atom. The molecule has 7 heteroatoms. The summed E-state index contributed by atoms with van der Waals surface area (Å²) in [7, 11) is 1.38. The van der Waals surface area contributed by atoms with Crippen LogP contribution in [0.3, 0.4) is 0 Å². The van der Waals surface area contributed by atoms with Crippen molar-refractivity contribution in [1.29, 1.82) is 0 Å². The number of nitrogens with zero attached hydrogens (tertiary/aromatic N) is 2. The van der Waals surface area contributed by atoms with E-state index in [-0.39, 0.29) is 5.97 Å². The van der Waals surface area contributed by atoms with Gasteiger partial charge in [0.25, 0.3) is 0 Å². The molecule has 0 radical (unpaired) electrons. The van der Waals surface area contributed by atoms with Crippen LogP contribution in [0.5, 0.6) is 0 Å². The molecule has 23 heavy (non-hydrogen) atoms. The molecule has 0 atom stereocenters. The highest BCUT2D eigenvalue weighted by Gasteiger charge is 2.07. The lowest BCUT2D eigenvalue weighted by Gasteiger charge is -2.01. The fraction of sp³-hybridized carbons (Fsp3) is 0.188. The van der Waals surface area contributed by atoms with E-state index in [1.807, 2.05) is 18.2 Å². The molecule has 3 rings (SSSR count). The van der Waals surface area contributed by atoms with Crippen molar-refractivity contribution in [3.8, 4) is 0 Å². The number of thiophene rings is 1. The molecule has 0 aliphatic heterocycles. The summed E-state index contributed by atoms with van der Waals surface area (Å²) in [6.45, 7) is 0. The molecule has 0 bridgehead atoms. The third kappa shape index (κ3) is 4.20. The first-order chi connectivity index (χ1) is 11.2. The SMILES string of the molecule is COC(=O)c1ccc(CSc2n[nH]c(Cc3cccs3)n2)cc1. The number of aromatic amines is 1. The van der Waals surface area contributed by atoms with Crippen LogP contribution in [-0.4, -0.2) is 28.3 Å². The largest absolute Gasteiger partial charge is 0.465 e. The van der Waals surface area contributed by atoms with Gasteiger partial charge in [-0.25, -0.2) is 9.78 Å². The maximum absolute atomic E-state index is 11.4. The molecule has 0 saturated carbocycles. The average Bonchev–Trinajstić information content (AvgIpc) is 3.25. The molecule has 3 aromatic rings. The number of carbonyl (C=O) groups is 1. The van der Waals surface area contributed by atoms with Gasteiger partial charge < -0.3 is 4.74 Å². The number of esters is 1. The van der Waals surface area contributed by atoms with Gasteiger partial charge in [-0.3, -0.25) is 5.10 Å². The molecule has 0 saturated heterocycles. The van der Waals surface area contributed by atoms with Gasteiger partial charge >= 0.3 is 5.97 Å². The van der Waals surface area contributed by atoms with Crippen LogP contribution >= 0.6 is 23.1 Å². The Hall–Kier alpha value is -2.12. The van der Waals surface area contributed by atoms with Crippen molar-refractivity contribution in [3.05, 3.63) is 63.6 Å². The standard InChI is InChI=1S/C16H15N3O2S2/c1-21-15(20)12-6-4-11(5-7-12)10-23-16-17-14(18-19-16)9-13-3-2-8-22-13/h2-8H,9-10H2,1H3,(H,17,18,19). The van der Waals surface area contributed by atoms with Crippen LogP contribution < -0.4 is 0 Å². The van der Waals surface area contributed by atoms with E-state index < -0.39 is 0 Å². The lowest BCUT2D eigenvalue weighted by atomic mass is 10.1. The third-order valence-electron chi connectivity index (χ3n) is 3.18. The fourth-order valence-electron chi connectivity index (χ4n) is 2.00. The van der Waals surface area contributed by atoms with Crippen LogP contribution in [0, 0.1) is 0 Å². The first-order valence-corrected chi connectivity index (χ1v) is 8.85. The molecule has 0 fully saturated rings. The molecular weight excluding hydrogens is 330 g/mol. The molecular formula is C16H15N3O2S2. The average molecular weight is 345 g/mol.